The fourth-order valence-corrected chi connectivity index (χ4v) is 3.15. The van der Waals surface area contributed by atoms with Crippen LogP contribution in [-0.4, -0.2) is 23.6 Å². The molecule has 2 unspecified atom stereocenters. The smallest absolute Gasteiger partial charge is 0.162 e. The van der Waals surface area contributed by atoms with Crippen molar-refractivity contribution in [1.29, 1.82) is 0 Å². The molecule has 1 fully saturated rings. The van der Waals surface area contributed by atoms with E-state index in [0.717, 1.165) is 42.3 Å². The van der Waals surface area contributed by atoms with Gasteiger partial charge < -0.3 is 10.1 Å². The minimum absolute atomic E-state index is 0.305. The Morgan fingerprint density at radius 2 is 2.10 bits per heavy atom. The van der Waals surface area contributed by atoms with Gasteiger partial charge in [0.05, 0.1) is 0 Å². The summed E-state index contributed by atoms with van der Waals surface area (Å²) in [4.78, 5) is 9.52. The summed E-state index contributed by atoms with van der Waals surface area (Å²) in [5.74, 6) is 2.46. The minimum atomic E-state index is -0.305. The van der Waals surface area contributed by atoms with Gasteiger partial charge in [-0.1, -0.05) is 13.3 Å². The van der Waals surface area contributed by atoms with Crippen LogP contribution in [0.5, 0.6) is 0 Å². The quantitative estimate of drug-likeness (QED) is 0.914. The Balaban J connectivity index is 2.44. The Bertz CT molecular complexity index is 475. The first kappa shape index (κ1) is 15.2. The van der Waals surface area contributed by atoms with E-state index in [0.29, 0.717) is 5.92 Å². The lowest BCUT2D eigenvalue weighted by Crippen LogP contribution is -2.36. The maximum atomic E-state index is 5.91. The van der Waals surface area contributed by atoms with Crippen LogP contribution in [0.4, 0.5) is 5.82 Å². The molecule has 1 aromatic heterocycles. The van der Waals surface area contributed by atoms with Gasteiger partial charge in [-0.15, -0.1) is 0 Å². The molecule has 1 heterocycles. The average Bonchev–Trinajstić information content (AvgIpc) is 2.43. The normalized spacial score (nSPS) is 26.6. The third-order valence-corrected chi connectivity index (χ3v) is 4.49. The second kappa shape index (κ2) is 6.08. The van der Waals surface area contributed by atoms with Crippen LogP contribution in [0, 0.1) is 19.8 Å². The topological polar surface area (TPSA) is 47.0 Å². The second-order valence-corrected chi connectivity index (χ2v) is 6.04. The Labute approximate surface area is 122 Å². The number of hydrogen-bond donors (Lipinski definition) is 1. The summed E-state index contributed by atoms with van der Waals surface area (Å²) in [6.07, 6.45) is 4.48. The molecule has 1 aliphatic rings. The first-order valence-electron chi connectivity index (χ1n) is 7.67. The van der Waals surface area contributed by atoms with Crippen molar-refractivity contribution in [2.45, 2.75) is 59.0 Å². The number of nitrogens with zero attached hydrogens (tertiary/aromatic N) is 2. The molecule has 1 saturated carbocycles. The van der Waals surface area contributed by atoms with Crippen LogP contribution in [-0.2, 0) is 10.3 Å². The highest BCUT2D eigenvalue weighted by atomic mass is 16.5. The molecule has 4 nitrogen and oxygen atoms in total. The number of hydrogen-bond acceptors (Lipinski definition) is 4. The third-order valence-electron chi connectivity index (χ3n) is 4.49. The molecule has 20 heavy (non-hydrogen) atoms. The highest BCUT2D eigenvalue weighted by Gasteiger charge is 2.39. The Morgan fingerprint density at radius 3 is 2.70 bits per heavy atom. The van der Waals surface area contributed by atoms with Crippen molar-refractivity contribution in [3.05, 3.63) is 17.1 Å². The summed E-state index contributed by atoms with van der Waals surface area (Å²) in [6.45, 7) is 9.37. The molecular weight excluding hydrogens is 250 g/mol. The lowest BCUT2D eigenvalue weighted by molar-refractivity contribution is -0.0646. The number of ether oxygens (including phenoxy) is 1. The number of aryl methyl sites for hydroxylation is 1. The average molecular weight is 277 g/mol. The second-order valence-electron chi connectivity index (χ2n) is 6.04. The molecule has 2 atom stereocenters. The van der Waals surface area contributed by atoms with Crippen molar-refractivity contribution in [1.82, 2.24) is 9.97 Å². The standard InChI is InChI=1S/C16H27N3O/c1-6-17-14-12(3)13(4)18-15(19-14)16(20-5)9-7-8-11(2)10-16/h11H,6-10H2,1-5H3,(H,17,18,19). The Kier molecular flexibility index (Phi) is 4.63. The Morgan fingerprint density at radius 1 is 1.35 bits per heavy atom. The number of methoxy groups -OCH3 is 1. The van der Waals surface area contributed by atoms with Crippen molar-refractivity contribution in [2.75, 3.05) is 19.0 Å². The molecule has 1 aliphatic carbocycles. The summed E-state index contributed by atoms with van der Waals surface area (Å²) >= 11 is 0. The Hall–Kier alpha value is -1.16. The molecule has 2 rings (SSSR count). The highest BCUT2D eigenvalue weighted by Crippen LogP contribution is 2.41. The molecule has 0 radical (unpaired) electrons. The van der Waals surface area contributed by atoms with Gasteiger partial charge in [0.1, 0.15) is 11.4 Å². The minimum Gasteiger partial charge on any atom is -0.370 e. The summed E-state index contributed by atoms with van der Waals surface area (Å²) in [7, 11) is 1.80. The van der Waals surface area contributed by atoms with Crippen molar-refractivity contribution in [2.24, 2.45) is 5.92 Å². The number of aromatic nitrogens is 2. The van der Waals surface area contributed by atoms with Gasteiger partial charge in [0.2, 0.25) is 0 Å². The van der Waals surface area contributed by atoms with Crippen LogP contribution in [0.3, 0.4) is 0 Å². The fraction of sp³-hybridized carbons (Fsp3) is 0.750. The molecule has 0 spiro atoms. The first-order chi connectivity index (χ1) is 9.52. The maximum absolute atomic E-state index is 5.91. The van der Waals surface area contributed by atoms with Gasteiger partial charge in [0.25, 0.3) is 0 Å². The van der Waals surface area contributed by atoms with Crippen LogP contribution in [0.2, 0.25) is 0 Å². The van der Waals surface area contributed by atoms with E-state index in [1.807, 2.05) is 0 Å². The van der Waals surface area contributed by atoms with Crippen LogP contribution >= 0.6 is 0 Å². The van der Waals surface area contributed by atoms with Crippen LogP contribution in [0.1, 0.15) is 56.6 Å². The number of nitrogens with one attached hydrogen (secondary N) is 1. The maximum Gasteiger partial charge on any atom is 0.162 e. The number of anilines is 1. The summed E-state index contributed by atoms with van der Waals surface area (Å²) in [5, 5.41) is 3.34. The zero-order valence-electron chi connectivity index (χ0n) is 13.4. The monoisotopic (exact) mass is 277 g/mol. The molecule has 1 N–H and O–H groups in total. The fourth-order valence-electron chi connectivity index (χ4n) is 3.15. The lowest BCUT2D eigenvalue weighted by atomic mass is 9.78. The zero-order chi connectivity index (χ0) is 14.8. The van der Waals surface area contributed by atoms with E-state index in [2.05, 4.69) is 33.0 Å². The van der Waals surface area contributed by atoms with E-state index in [9.17, 15) is 0 Å². The number of rotatable bonds is 4. The van der Waals surface area contributed by atoms with E-state index >= 15 is 0 Å². The predicted molar refractivity (Wildman–Crippen MR) is 82.0 cm³/mol. The molecule has 1 aromatic rings. The molecule has 0 amide bonds. The highest BCUT2D eigenvalue weighted by molar-refractivity contribution is 5.45. The van der Waals surface area contributed by atoms with Gasteiger partial charge in [-0.2, -0.15) is 0 Å². The van der Waals surface area contributed by atoms with E-state index in [4.69, 9.17) is 14.7 Å². The van der Waals surface area contributed by atoms with Gasteiger partial charge in [-0.05, 0) is 46.0 Å². The van der Waals surface area contributed by atoms with Crippen LogP contribution in [0.25, 0.3) is 0 Å². The molecule has 0 bridgehead atoms. The lowest BCUT2D eigenvalue weighted by Gasteiger charge is -2.38. The molecule has 112 valence electrons. The zero-order valence-corrected chi connectivity index (χ0v) is 13.4. The van der Waals surface area contributed by atoms with Gasteiger partial charge in [-0.3, -0.25) is 0 Å². The van der Waals surface area contributed by atoms with Gasteiger partial charge in [0, 0.05) is 24.9 Å². The molecule has 0 aromatic carbocycles. The molecule has 0 saturated heterocycles. The largest absolute Gasteiger partial charge is 0.370 e. The third kappa shape index (κ3) is 2.80. The molecule has 0 aliphatic heterocycles. The van der Waals surface area contributed by atoms with Crippen molar-refractivity contribution in [3.63, 3.8) is 0 Å². The van der Waals surface area contributed by atoms with Crippen molar-refractivity contribution in [3.8, 4) is 0 Å². The first-order valence-corrected chi connectivity index (χ1v) is 7.67. The summed E-state index contributed by atoms with van der Waals surface area (Å²) in [5.41, 5.74) is 1.87. The van der Waals surface area contributed by atoms with Crippen molar-refractivity contribution >= 4 is 5.82 Å². The predicted octanol–water partition coefficient (Wildman–Crippen LogP) is 3.58. The molecular formula is C16H27N3O. The van der Waals surface area contributed by atoms with Gasteiger partial charge in [-0.25, -0.2) is 9.97 Å². The van der Waals surface area contributed by atoms with E-state index in [1.54, 1.807) is 7.11 Å². The van der Waals surface area contributed by atoms with E-state index < -0.39 is 0 Å². The van der Waals surface area contributed by atoms with E-state index in [-0.39, 0.29) is 5.60 Å². The van der Waals surface area contributed by atoms with Crippen LogP contribution in [0.15, 0.2) is 0 Å². The summed E-state index contributed by atoms with van der Waals surface area (Å²) in [6, 6.07) is 0. The molecule has 4 heteroatoms. The van der Waals surface area contributed by atoms with Crippen LogP contribution < -0.4 is 5.32 Å². The van der Waals surface area contributed by atoms with Crippen molar-refractivity contribution < 1.29 is 4.74 Å². The van der Waals surface area contributed by atoms with E-state index in [1.165, 1.54) is 12.8 Å². The van der Waals surface area contributed by atoms with Gasteiger partial charge >= 0.3 is 0 Å². The SMILES string of the molecule is CCNc1nc(C2(OC)CCCC(C)C2)nc(C)c1C. The summed E-state index contributed by atoms with van der Waals surface area (Å²) < 4.78 is 5.91. The van der Waals surface area contributed by atoms with Gasteiger partial charge in [0.15, 0.2) is 5.82 Å².